The fourth-order valence-electron chi connectivity index (χ4n) is 2.09. The van der Waals surface area contributed by atoms with Crippen molar-refractivity contribution in [1.29, 1.82) is 0 Å². The van der Waals surface area contributed by atoms with E-state index < -0.39 is 0 Å². The molecule has 19 heavy (non-hydrogen) atoms. The van der Waals surface area contributed by atoms with E-state index in [0.29, 0.717) is 12.1 Å². The normalized spacial score (nSPS) is 10.8. The van der Waals surface area contributed by atoms with Crippen LogP contribution in [0.2, 0.25) is 5.02 Å². The predicted molar refractivity (Wildman–Crippen MR) is 75.6 cm³/mol. The molecule has 1 rings (SSSR count). The van der Waals surface area contributed by atoms with Gasteiger partial charge in [0.05, 0.1) is 11.6 Å². The molecule has 1 aromatic carbocycles. The Morgan fingerprint density at radius 3 is 2.47 bits per heavy atom. The third-order valence-corrected chi connectivity index (χ3v) is 3.48. The van der Waals surface area contributed by atoms with Crippen LogP contribution in [0.5, 0.6) is 5.75 Å². The van der Waals surface area contributed by atoms with Gasteiger partial charge in [-0.1, -0.05) is 25.4 Å². The van der Waals surface area contributed by atoms with Crippen molar-refractivity contribution >= 4 is 17.5 Å². The Labute approximate surface area is 118 Å². The smallest absolute Gasteiger partial charge is 0.254 e. The summed E-state index contributed by atoms with van der Waals surface area (Å²) in [5.41, 5.74) is 0.420. The topological polar surface area (TPSA) is 60.8 Å². The molecule has 0 aliphatic rings. The maximum Gasteiger partial charge on any atom is 0.254 e. The average molecular weight is 286 g/mol. The van der Waals surface area contributed by atoms with Crippen molar-refractivity contribution in [1.82, 2.24) is 4.90 Å². The molecule has 2 N–H and O–H groups in total. The van der Waals surface area contributed by atoms with Crippen LogP contribution in [0.4, 0.5) is 0 Å². The van der Waals surface area contributed by atoms with E-state index in [1.165, 1.54) is 18.2 Å². The van der Waals surface area contributed by atoms with Gasteiger partial charge in [-0.3, -0.25) is 4.79 Å². The number of nitrogens with zero attached hydrogens (tertiary/aromatic N) is 1. The summed E-state index contributed by atoms with van der Waals surface area (Å²) >= 11 is 5.82. The lowest BCUT2D eigenvalue weighted by Crippen LogP contribution is -2.41. The summed E-state index contributed by atoms with van der Waals surface area (Å²) < 4.78 is 0. The van der Waals surface area contributed by atoms with Crippen LogP contribution < -0.4 is 0 Å². The molecule has 0 bridgehead atoms. The van der Waals surface area contributed by atoms with Crippen molar-refractivity contribution in [3.63, 3.8) is 0 Å². The number of rotatable bonds is 6. The number of phenols is 1. The number of carbonyl (C=O) groups is 1. The Bertz CT molecular complexity index is 433. The standard InChI is InChI=1S/C14H20ClNO3/c1-3-11(4-2)16(7-8-17)14(19)10-5-6-13(18)12(15)9-10/h5-6,9,11,17-18H,3-4,7-8H2,1-2H3. The van der Waals surface area contributed by atoms with Gasteiger partial charge in [0.2, 0.25) is 0 Å². The van der Waals surface area contributed by atoms with E-state index in [1.807, 2.05) is 13.8 Å². The van der Waals surface area contributed by atoms with Crippen molar-refractivity contribution < 1.29 is 15.0 Å². The van der Waals surface area contributed by atoms with Crippen molar-refractivity contribution in [2.45, 2.75) is 32.7 Å². The number of benzene rings is 1. The molecule has 0 aromatic heterocycles. The molecule has 0 saturated carbocycles. The Hall–Kier alpha value is -1.26. The molecular weight excluding hydrogens is 266 g/mol. The van der Waals surface area contributed by atoms with Gasteiger partial charge in [0, 0.05) is 18.2 Å². The molecule has 5 heteroatoms. The van der Waals surface area contributed by atoms with Crippen molar-refractivity contribution in [2.24, 2.45) is 0 Å². The Morgan fingerprint density at radius 2 is 2.00 bits per heavy atom. The number of hydrogen-bond acceptors (Lipinski definition) is 3. The van der Waals surface area contributed by atoms with E-state index in [1.54, 1.807) is 4.90 Å². The van der Waals surface area contributed by atoms with Crippen molar-refractivity contribution in [2.75, 3.05) is 13.2 Å². The third-order valence-electron chi connectivity index (χ3n) is 3.18. The van der Waals surface area contributed by atoms with Gasteiger partial charge in [-0.05, 0) is 31.0 Å². The van der Waals surface area contributed by atoms with Gasteiger partial charge in [-0.2, -0.15) is 0 Å². The lowest BCUT2D eigenvalue weighted by atomic mass is 10.1. The van der Waals surface area contributed by atoms with E-state index >= 15 is 0 Å². The van der Waals surface area contributed by atoms with Crippen LogP contribution >= 0.6 is 11.6 Å². The second-order valence-electron chi connectivity index (χ2n) is 4.36. The molecule has 1 amide bonds. The van der Waals surface area contributed by atoms with E-state index in [2.05, 4.69) is 0 Å². The molecule has 0 saturated heterocycles. The molecular formula is C14H20ClNO3. The molecule has 0 aliphatic carbocycles. The predicted octanol–water partition coefficient (Wildman–Crippen LogP) is 2.67. The fourth-order valence-corrected chi connectivity index (χ4v) is 2.27. The fraction of sp³-hybridized carbons (Fsp3) is 0.500. The summed E-state index contributed by atoms with van der Waals surface area (Å²) in [6.07, 6.45) is 1.65. The summed E-state index contributed by atoms with van der Waals surface area (Å²) in [6, 6.07) is 4.48. The zero-order valence-electron chi connectivity index (χ0n) is 11.3. The number of phenolic OH excluding ortho intramolecular Hbond substituents is 1. The van der Waals surface area contributed by atoms with E-state index in [9.17, 15) is 9.90 Å². The maximum absolute atomic E-state index is 12.4. The number of aliphatic hydroxyl groups excluding tert-OH is 1. The van der Waals surface area contributed by atoms with Gasteiger partial charge in [0.15, 0.2) is 0 Å². The molecule has 0 spiro atoms. The lowest BCUT2D eigenvalue weighted by molar-refractivity contribution is 0.0622. The monoisotopic (exact) mass is 285 g/mol. The maximum atomic E-state index is 12.4. The summed E-state index contributed by atoms with van der Waals surface area (Å²) in [5, 5.41) is 18.6. The zero-order valence-corrected chi connectivity index (χ0v) is 12.0. The average Bonchev–Trinajstić information content (AvgIpc) is 2.41. The van der Waals surface area contributed by atoms with Gasteiger partial charge in [0.25, 0.3) is 5.91 Å². The SMILES string of the molecule is CCC(CC)N(CCO)C(=O)c1ccc(O)c(Cl)c1. The summed E-state index contributed by atoms with van der Waals surface area (Å²) in [4.78, 5) is 14.1. The summed E-state index contributed by atoms with van der Waals surface area (Å²) in [6.45, 7) is 4.24. The molecule has 0 fully saturated rings. The van der Waals surface area contributed by atoms with Crippen LogP contribution in [-0.2, 0) is 0 Å². The first-order chi connectivity index (χ1) is 9.04. The van der Waals surface area contributed by atoms with Crippen LogP contribution in [0.3, 0.4) is 0 Å². The van der Waals surface area contributed by atoms with Crippen LogP contribution in [0, 0.1) is 0 Å². The molecule has 0 aliphatic heterocycles. The second kappa shape index (κ2) is 7.36. The first kappa shape index (κ1) is 15.8. The highest BCUT2D eigenvalue weighted by Crippen LogP contribution is 2.25. The molecule has 4 nitrogen and oxygen atoms in total. The second-order valence-corrected chi connectivity index (χ2v) is 4.77. The third kappa shape index (κ3) is 3.85. The number of aliphatic hydroxyl groups is 1. The van der Waals surface area contributed by atoms with Gasteiger partial charge in [-0.15, -0.1) is 0 Å². The largest absolute Gasteiger partial charge is 0.506 e. The van der Waals surface area contributed by atoms with Crippen LogP contribution in [0.15, 0.2) is 18.2 Å². The molecule has 0 unspecified atom stereocenters. The summed E-state index contributed by atoms with van der Waals surface area (Å²) in [7, 11) is 0. The number of amides is 1. The summed E-state index contributed by atoms with van der Waals surface area (Å²) in [5.74, 6) is -0.223. The number of aromatic hydroxyl groups is 1. The first-order valence-corrected chi connectivity index (χ1v) is 6.83. The lowest BCUT2D eigenvalue weighted by Gasteiger charge is -2.30. The zero-order chi connectivity index (χ0) is 14.4. The van der Waals surface area contributed by atoms with Crippen molar-refractivity contribution in [3.8, 4) is 5.75 Å². The van der Waals surface area contributed by atoms with Gasteiger partial charge < -0.3 is 15.1 Å². The Morgan fingerprint density at radius 1 is 1.37 bits per heavy atom. The van der Waals surface area contributed by atoms with Gasteiger partial charge >= 0.3 is 0 Å². The van der Waals surface area contributed by atoms with Crippen LogP contribution in [0.1, 0.15) is 37.0 Å². The van der Waals surface area contributed by atoms with E-state index in [4.69, 9.17) is 16.7 Å². The van der Waals surface area contributed by atoms with Gasteiger partial charge in [0.1, 0.15) is 5.75 Å². The Kier molecular flexibility index (Phi) is 6.12. The van der Waals surface area contributed by atoms with E-state index in [-0.39, 0.29) is 29.3 Å². The quantitative estimate of drug-likeness (QED) is 0.845. The minimum atomic E-state index is -0.176. The number of halogens is 1. The van der Waals surface area contributed by atoms with Crippen LogP contribution in [-0.4, -0.2) is 40.2 Å². The molecule has 106 valence electrons. The van der Waals surface area contributed by atoms with Gasteiger partial charge in [-0.25, -0.2) is 0 Å². The molecule has 0 heterocycles. The highest BCUT2D eigenvalue weighted by Gasteiger charge is 2.22. The minimum Gasteiger partial charge on any atom is -0.506 e. The molecule has 1 aromatic rings. The van der Waals surface area contributed by atoms with E-state index in [0.717, 1.165) is 12.8 Å². The highest BCUT2D eigenvalue weighted by atomic mass is 35.5. The number of carbonyl (C=O) groups excluding carboxylic acids is 1. The number of hydrogen-bond donors (Lipinski definition) is 2. The highest BCUT2D eigenvalue weighted by molar-refractivity contribution is 6.32. The van der Waals surface area contributed by atoms with Crippen molar-refractivity contribution in [3.05, 3.63) is 28.8 Å². The minimum absolute atomic E-state index is 0.0468. The van der Waals surface area contributed by atoms with Crippen LogP contribution in [0.25, 0.3) is 0 Å². The molecule has 0 atom stereocenters. The molecule has 0 radical (unpaired) electrons. The Balaban J connectivity index is 3.01. The first-order valence-electron chi connectivity index (χ1n) is 6.45.